The van der Waals surface area contributed by atoms with Crippen molar-refractivity contribution in [3.63, 3.8) is 0 Å². The molecule has 2 N–H and O–H groups in total. The van der Waals surface area contributed by atoms with Crippen LogP contribution in [0.1, 0.15) is 18.4 Å². The van der Waals surface area contributed by atoms with Crippen LogP contribution in [0.4, 0.5) is 0 Å². The molecule has 0 saturated carbocycles. The molecule has 20 heavy (non-hydrogen) atoms. The standard InChI is InChI=1S/C13H22N4O2S/c1-14-10-13-4-8-17(9-5-13)20(18,19)16-11-12-2-6-15-7-3-12/h2-3,6-7,13-14,16H,4-5,8-11H2,1H3. The smallest absolute Gasteiger partial charge is 0.279 e. The van der Waals surface area contributed by atoms with Crippen LogP contribution < -0.4 is 10.0 Å². The Kier molecular flexibility index (Phi) is 5.47. The van der Waals surface area contributed by atoms with Crippen LogP contribution in [0.5, 0.6) is 0 Å². The number of pyridine rings is 1. The molecule has 1 saturated heterocycles. The molecule has 0 spiro atoms. The van der Waals surface area contributed by atoms with Gasteiger partial charge in [0.15, 0.2) is 0 Å². The van der Waals surface area contributed by atoms with Crippen molar-refractivity contribution in [1.29, 1.82) is 0 Å². The monoisotopic (exact) mass is 298 g/mol. The normalized spacial score (nSPS) is 18.2. The number of piperidine rings is 1. The third-order valence-electron chi connectivity index (χ3n) is 3.61. The van der Waals surface area contributed by atoms with Crippen LogP contribution >= 0.6 is 0 Å². The summed E-state index contributed by atoms with van der Waals surface area (Å²) in [6, 6.07) is 3.61. The molecule has 0 unspecified atom stereocenters. The van der Waals surface area contributed by atoms with Crippen molar-refractivity contribution in [3.8, 4) is 0 Å². The Morgan fingerprint density at radius 2 is 1.95 bits per heavy atom. The van der Waals surface area contributed by atoms with Crippen LogP contribution in [-0.2, 0) is 16.8 Å². The summed E-state index contributed by atoms with van der Waals surface area (Å²) in [7, 11) is -1.45. The van der Waals surface area contributed by atoms with E-state index < -0.39 is 10.2 Å². The lowest BCUT2D eigenvalue weighted by molar-refractivity contribution is 0.268. The Bertz CT molecular complexity index is 498. The maximum Gasteiger partial charge on any atom is 0.279 e. The summed E-state index contributed by atoms with van der Waals surface area (Å²) in [4.78, 5) is 3.91. The number of rotatable bonds is 6. The van der Waals surface area contributed by atoms with Crippen LogP contribution in [0.2, 0.25) is 0 Å². The van der Waals surface area contributed by atoms with Crippen LogP contribution in [-0.4, -0.2) is 44.4 Å². The largest absolute Gasteiger partial charge is 0.319 e. The number of hydrogen-bond acceptors (Lipinski definition) is 4. The summed E-state index contributed by atoms with van der Waals surface area (Å²) in [5.74, 6) is 0.576. The van der Waals surface area contributed by atoms with Crippen LogP contribution in [0, 0.1) is 5.92 Å². The summed E-state index contributed by atoms with van der Waals surface area (Å²) in [5.41, 5.74) is 0.911. The highest BCUT2D eigenvalue weighted by molar-refractivity contribution is 7.87. The van der Waals surface area contributed by atoms with Gasteiger partial charge in [0, 0.05) is 32.0 Å². The summed E-state index contributed by atoms with van der Waals surface area (Å²) >= 11 is 0. The highest BCUT2D eigenvalue weighted by Crippen LogP contribution is 2.18. The molecule has 1 fully saturated rings. The van der Waals surface area contributed by atoms with Gasteiger partial charge in [-0.3, -0.25) is 4.98 Å². The molecule has 0 aromatic carbocycles. The highest BCUT2D eigenvalue weighted by atomic mass is 32.2. The quantitative estimate of drug-likeness (QED) is 0.794. The Morgan fingerprint density at radius 3 is 2.55 bits per heavy atom. The molecule has 1 aromatic heterocycles. The zero-order chi connectivity index (χ0) is 14.4. The van der Waals surface area contributed by atoms with Gasteiger partial charge in [0.05, 0.1) is 0 Å². The second kappa shape index (κ2) is 7.12. The average Bonchev–Trinajstić information content (AvgIpc) is 2.47. The van der Waals surface area contributed by atoms with Gasteiger partial charge in [-0.05, 0) is 50.0 Å². The fourth-order valence-corrected chi connectivity index (χ4v) is 3.63. The minimum absolute atomic E-state index is 0.307. The third kappa shape index (κ3) is 4.24. The Balaban J connectivity index is 1.85. The van der Waals surface area contributed by atoms with Gasteiger partial charge in [-0.1, -0.05) is 0 Å². The molecule has 112 valence electrons. The molecule has 7 heteroatoms. The van der Waals surface area contributed by atoms with Gasteiger partial charge < -0.3 is 5.32 Å². The van der Waals surface area contributed by atoms with Gasteiger partial charge in [0.25, 0.3) is 10.2 Å². The first kappa shape index (κ1) is 15.4. The van der Waals surface area contributed by atoms with E-state index >= 15 is 0 Å². The molecule has 0 aliphatic carbocycles. The Morgan fingerprint density at radius 1 is 1.30 bits per heavy atom. The van der Waals surface area contributed by atoms with E-state index in [0.29, 0.717) is 25.6 Å². The lowest BCUT2D eigenvalue weighted by Crippen LogP contribution is -2.45. The van der Waals surface area contributed by atoms with Gasteiger partial charge in [-0.15, -0.1) is 0 Å². The van der Waals surface area contributed by atoms with Crippen LogP contribution in [0.15, 0.2) is 24.5 Å². The van der Waals surface area contributed by atoms with Crippen molar-refractivity contribution < 1.29 is 8.42 Å². The Labute approximate surface area is 120 Å². The van der Waals surface area contributed by atoms with E-state index in [2.05, 4.69) is 15.0 Å². The SMILES string of the molecule is CNCC1CCN(S(=O)(=O)NCc2ccncc2)CC1. The van der Waals surface area contributed by atoms with E-state index in [1.807, 2.05) is 19.2 Å². The van der Waals surface area contributed by atoms with E-state index in [1.165, 1.54) is 0 Å². The molecule has 1 aliphatic heterocycles. The van der Waals surface area contributed by atoms with Crippen molar-refractivity contribution in [2.45, 2.75) is 19.4 Å². The molecule has 0 bridgehead atoms. The number of nitrogens with zero attached hydrogens (tertiary/aromatic N) is 2. The molecule has 2 heterocycles. The van der Waals surface area contributed by atoms with E-state index in [0.717, 1.165) is 24.9 Å². The zero-order valence-corrected chi connectivity index (χ0v) is 12.6. The first-order chi connectivity index (χ1) is 9.62. The molecule has 0 amide bonds. The minimum atomic E-state index is -3.38. The van der Waals surface area contributed by atoms with E-state index in [9.17, 15) is 8.42 Å². The summed E-state index contributed by atoms with van der Waals surface area (Å²) in [6.45, 7) is 2.45. The fraction of sp³-hybridized carbons (Fsp3) is 0.615. The second-order valence-corrected chi connectivity index (χ2v) is 6.84. The topological polar surface area (TPSA) is 74.3 Å². The number of aromatic nitrogens is 1. The molecular weight excluding hydrogens is 276 g/mol. The average molecular weight is 298 g/mol. The molecular formula is C13H22N4O2S. The zero-order valence-electron chi connectivity index (χ0n) is 11.7. The van der Waals surface area contributed by atoms with E-state index in [1.54, 1.807) is 16.7 Å². The molecule has 0 radical (unpaired) electrons. The van der Waals surface area contributed by atoms with Crippen molar-refractivity contribution in [1.82, 2.24) is 19.3 Å². The summed E-state index contributed by atoms with van der Waals surface area (Å²) < 4.78 is 28.6. The molecule has 2 rings (SSSR count). The van der Waals surface area contributed by atoms with Crippen LogP contribution in [0.3, 0.4) is 0 Å². The van der Waals surface area contributed by atoms with Crippen molar-refractivity contribution in [2.75, 3.05) is 26.7 Å². The van der Waals surface area contributed by atoms with Crippen molar-refractivity contribution >= 4 is 10.2 Å². The maximum atomic E-state index is 12.2. The summed E-state index contributed by atoms with van der Waals surface area (Å²) in [5, 5.41) is 3.15. The predicted octanol–water partition coefficient (Wildman–Crippen LogP) is 0.347. The lowest BCUT2D eigenvalue weighted by Gasteiger charge is -2.31. The molecule has 1 aromatic rings. The van der Waals surface area contributed by atoms with Gasteiger partial charge in [-0.2, -0.15) is 17.4 Å². The first-order valence-electron chi connectivity index (χ1n) is 6.90. The van der Waals surface area contributed by atoms with Crippen LogP contribution in [0.25, 0.3) is 0 Å². The Hall–Kier alpha value is -1.02. The van der Waals surface area contributed by atoms with Gasteiger partial charge >= 0.3 is 0 Å². The summed E-state index contributed by atoms with van der Waals surface area (Å²) in [6.07, 6.45) is 5.15. The molecule has 6 nitrogen and oxygen atoms in total. The van der Waals surface area contributed by atoms with Gasteiger partial charge in [-0.25, -0.2) is 0 Å². The predicted molar refractivity (Wildman–Crippen MR) is 78.2 cm³/mol. The minimum Gasteiger partial charge on any atom is -0.319 e. The molecule has 1 aliphatic rings. The van der Waals surface area contributed by atoms with Gasteiger partial charge in [0.2, 0.25) is 0 Å². The third-order valence-corrected chi connectivity index (χ3v) is 5.17. The second-order valence-electron chi connectivity index (χ2n) is 5.08. The van der Waals surface area contributed by atoms with E-state index in [4.69, 9.17) is 0 Å². The molecule has 0 atom stereocenters. The number of nitrogens with one attached hydrogen (secondary N) is 2. The maximum absolute atomic E-state index is 12.2. The van der Waals surface area contributed by atoms with Crippen molar-refractivity contribution in [3.05, 3.63) is 30.1 Å². The first-order valence-corrected chi connectivity index (χ1v) is 8.34. The highest BCUT2D eigenvalue weighted by Gasteiger charge is 2.27. The van der Waals surface area contributed by atoms with Crippen molar-refractivity contribution in [2.24, 2.45) is 5.92 Å². The fourth-order valence-electron chi connectivity index (χ4n) is 2.41. The van der Waals surface area contributed by atoms with E-state index in [-0.39, 0.29) is 0 Å². The number of hydrogen-bond donors (Lipinski definition) is 2. The lowest BCUT2D eigenvalue weighted by atomic mass is 9.98. The van der Waals surface area contributed by atoms with Gasteiger partial charge in [0.1, 0.15) is 0 Å².